The molecular weight excluding hydrogens is 148 g/mol. The molecule has 1 nitrogen and oxygen atoms in total. The molecule has 0 spiro atoms. The van der Waals surface area contributed by atoms with Gasteiger partial charge in [0.2, 0.25) is 0 Å². The van der Waals surface area contributed by atoms with Gasteiger partial charge in [-0.1, -0.05) is 0 Å². The normalized spacial score (nSPS) is 61.2. The third-order valence-electron chi connectivity index (χ3n) is 4.86. The second-order valence-corrected chi connectivity index (χ2v) is 5.64. The number of fused-ring (bicyclic) bond motifs is 1. The first-order valence-corrected chi connectivity index (χ1v) is 5.46. The van der Waals surface area contributed by atoms with E-state index in [1.165, 1.54) is 32.5 Å². The third-order valence-corrected chi connectivity index (χ3v) is 4.86. The summed E-state index contributed by atoms with van der Waals surface area (Å²) in [6.45, 7) is 5.22. The number of hydrogen-bond acceptors (Lipinski definition) is 0. The zero-order chi connectivity index (χ0) is 7.92. The van der Waals surface area contributed by atoms with Gasteiger partial charge < -0.3 is 4.37 Å². The van der Waals surface area contributed by atoms with Crippen LogP contribution in [-0.2, 0) is 4.37 Å². The van der Waals surface area contributed by atoms with Gasteiger partial charge in [0.1, 0.15) is 13.2 Å². The molecule has 4 aliphatic rings. The Bertz CT molecular complexity index is 245. The third kappa shape index (κ3) is 0.555. The van der Waals surface area contributed by atoms with Crippen molar-refractivity contribution in [2.45, 2.75) is 31.8 Å². The maximum Gasteiger partial charge on any atom is 0.166 e. The molecule has 1 saturated heterocycles. The zero-order valence-corrected chi connectivity index (χ0v) is 7.75. The van der Waals surface area contributed by atoms with Gasteiger partial charge in [-0.3, -0.25) is 0 Å². The van der Waals surface area contributed by atoms with Crippen LogP contribution < -0.4 is 0 Å². The molecule has 0 aromatic rings. The van der Waals surface area contributed by atoms with Crippen LogP contribution >= 0.6 is 0 Å². The van der Waals surface area contributed by atoms with Crippen LogP contribution in [0.15, 0.2) is 0 Å². The summed E-state index contributed by atoms with van der Waals surface area (Å²) in [5.41, 5.74) is 0.609. The Morgan fingerprint density at radius 1 is 1.33 bits per heavy atom. The van der Waals surface area contributed by atoms with Crippen molar-refractivity contribution in [2.24, 2.45) is 23.7 Å². The Labute approximate surface area is 73.8 Å². The number of hydrogen-bond donors (Lipinski definition) is 0. The molecule has 3 saturated carbocycles. The molecule has 0 N–H and O–H groups in total. The second-order valence-electron chi connectivity index (χ2n) is 5.64. The molecule has 0 aromatic carbocycles. The van der Waals surface area contributed by atoms with Gasteiger partial charge in [-0.2, -0.15) is 0 Å². The molecule has 0 radical (unpaired) electrons. The van der Waals surface area contributed by atoms with Crippen molar-refractivity contribution in [1.29, 1.82) is 0 Å². The topological polar surface area (TPSA) is 2.70 Å². The van der Waals surface area contributed by atoms with Crippen LogP contribution in [0.2, 0.25) is 0 Å². The minimum atomic E-state index is 0.609. The average molecular weight is 165 g/mol. The summed E-state index contributed by atoms with van der Waals surface area (Å²) >= 11 is 0. The Kier molecular flexibility index (Phi) is 0.863. The van der Waals surface area contributed by atoms with Crippen LogP contribution in [0.25, 0.3) is 0 Å². The van der Waals surface area contributed by atoms with Crippen LogP contribution in [0.4, 0.5) is 0 Å². The monoisotopic (exact) mass is 165 g/mol. The van der Waals surface area contributed by atoms with Crippen molar-refractivity contribution >= 4 is 0 Å². The van der Waals surface area contributed by atoms with Gasteiger partial charge in [-0.25, -0.2) is 0 Å². The van der Waals surface area contributed by atoms with Crippen LogP contribution in [0.3, 0.4) is 0 Å². The molecule has 3 aliphatic carbocycles. The summed E-state index contributed by atoms with van der Waals surface area (Å²) in [5, 5.41) is 0. The van der Waals surface area contributed by atoms with Gasteiger partial charge in [0.25, 0.3) is 0 Å². The van der Waals surface area contributed by atoms with Crippen molar-refractivity contribution in [3.63, 3.8) is 0 Å². The Balaban J connectivity index is 1.57. The Morgan fingerprint density at radius 2 is 2.17 bits per heavy atom. The molecule has 1 aliphatic heterocycles. The van der Waals surface area contributed by atoms with Crippen LogP contribution in [0.5, 0.6) is 0 Å². The molecule has 12 heavy (non-hydrogen) atoms. The summed E-state index contributed by atoms with van der Waals surface area (Å²) in [5.74, 6) is 4.45. The first kappa shape index (κ1) is 6.42. The SMILES string of the molecule is CC12C[C@H]3C(C[O+]1CC1CC1)C32. The van der Waals surface area contributed by atoms with Crippen LogP contribution in [-0.4, -0.2) is 18.8 Å². The summed E-state index contributed by atoms with van der Waals surface area (Å²) in [7, 11) is 0. The van der Waals surface area contributed by atoms with Crippen molar-refractivity contribution < 1.29 is 4.37 Å². The van der Waals surface area contributed by atoms with E-state index in [0.29, 0.717) is 5.60 Å². The highest BCUT2D eigenvalue weighted by molar-refractivity contribution is 5.23. The smallest absolute Gasteiger partial charge is 0.166 e. The lowest BCUT2D eigenvalue weighted by Crippen LogP contribution is -2.48. The van der Waals surface area contributed by atoms with E-state index in [1.807, 2.05) is 0 Å². The highest BCUT2D eigenvalue weighted by Gasteiger charge is 2.82. The van der Waals surface area contributed by atoms with Gasteiger partial charge in [-0.05, 0) is 18.8 Å². The summed E-state index contributed by atoms with van der Waals surface area (Å²) in [6.07, 6.45) is 4.50. The molecule has 1 heteroatoms. The molecule has 0 amide bonds. The zero-order valence-electron chi connectivity index (χ0n) is 7.75. The van der Waals surface area contributed by atoms with E-state index in [0.717, 1.165) is 23.7 Å². The maximum atomic E-state index is 3.65. The first-order valence-electron chi connectivity index (χ1n) is 5.46. The second kappa shape index (κ2) is 1.61. The molecular formula is C11H17O+. The Hall–Kier alpha value is -0.0400. The Morgan fingerprint density at radius 3 is 2.67 bits per heavy atom. The number of rotatable bonds is 2. The van der Waals surface area contributed by atoms with Crippen molar-refractivity contribution in [3.05, 3.63) is 0 Å². The van der Waals surface area contributed by atoms with Gasteiger partial charge in [0.15, 0.2) is 5.60 Å². The lowest BCUT2D eigenvalue weighted by atomic mass is 9.81. The lowest BCUT2D eigenvalue weighted by molar-refractivity contribution is -0.274. The fraction of sp³-hybridized carbons (Fsp3) is 1.00. The summed E-state index contributed by atoms with van der Waals surface area (Å²) < 4.78 is 3.65. The minimum absolute atomic E-state index is 0.609. The van der Waals surface area contributed by atoms with Crippen LogP contribution in [0, 0.1) is 23.7 Å². The van der Waals surface area contributed by atoms with E-state index in [4.69, 9.17) is 0 Å². The van der Waals surface area contributed by atoms with Crippen molar-refractivity contribution in [1.82, 2.24) is 0 Å². The standard InChI is InChI=1S/C11H17O/c1-11-4-8-9(10(8)11)6-12(11)5-7-2-3-7/h7-10H,2-6H2,1H3/q+1/t8-,9?,10?,11?/m0/s1. The van der Waals surface area contributed by atoms with E-state index < -0.39 is 0 Å². The molecule has 4 rings (SSSR count). The van der Waals surface area contributed by atoms with Crippen LogP contribution in [0.1, 0.15) is 26.2 Å². The first-order chi connectivity index (χ1) is 5.79. The molecule has 1 heterocycles. The highest BCUT2D eigenvalue weighted by Crippen LogP contribution is 2.75. The quantitative estimate of drug-likeness (QED) is 0.550. The average Bonchev–Trinajstić information content (AvgIpc) is 2.84. The molecule has 4 atom stereocenters. The van der Waals surface area contributed by atoms with Crippen molar-refractivity contribution in [2.75, 3.05) is 13.2 Å². The maximum absolute atomic E-state index is 3.65. The van der Waals surface area contributed by atoms with E-state index in [1.54, 1.807) is 0 Å². The molecule has 66 valence electrons. The van der Waals surface area contributed by atoms with Gasteiger partial charge >= 0.3 is 0 Å². The van der Waals surface area contributed by atoms with E-state index in [-0.39, 0.29) is 0 Å². The predicted octanol–water partition coefficient (Wildman–Crippen LogP) is 1.99. The fourth-order valence-electron chi connectivity index (χ4n) is 3.86. The summed E-state index contributed by atoms with van der Waals surface area (Å²) in [4.78, 5) is 0. The predicted molar refractivity (Wildman–Crippen MR) is 47.0 cm³/mol. The molecule has 3 unspecified atom stereocenters. The van der Waals surface area contributed by atoms with E-state index in [9.17, 15) is 0 Å². The fourth-order valence-corrected chi connectivity index (χ4v) is 3.86. The van der Waals surface area contributed by atoms with E-state index in [2.05, 4.69) is 11.3 Å². The van der Waals surface area contributed by atoms with E-state index >= 15 is 0 Å². The van der Waals surface area contributed by atoms with Gasteiger partial charge in [-0.15, -0.1) is 0 Å². The van der Waals surface area contributed by atoms with Gasteiger partial charge in [0, 0.05) is 31.1 Å². The highest BCUT2D eigenvalue weighted by atomic mass is 16.7. The molecule has 4 fully saturated rings. The molecule has 0 bridgehead atoms. The molecule has 0 aromatic heterocycles. The largest absolute Gasteiger partial charge is 0.417 e. The lowest BCUT2D eigenvalue weighted by Gasteiger charge is -2.42. The van der Waals surface area contributed by atoms with Crippen molar-refractivity contribution in [3.8, 4) is 0 Å². The summed E-state index contributed by atoms with van der Waals surface area (Å²) in [6, 6.07) is 0. The minimum Gasteiger partial charge on any atom is -0.417 e. The van der Waals surface area contributed by atoms with Gasteiger partial charge in [0.05, 0.1) is 0 Å².